The topological polar surface area (TPSA) is 63.8 Å². The molecule has 98 valence electrons. The molecule has 1 aromatic carbocycles. The highest BCUT2D eigenvalue weighted by atomic mass is 19.1. The second-order valence-electron chi connectivity index (χ2n) is 4.82. The first-order valence-electron chi connectivity index (χ1n) is 6.27. The summed E-state index contributed by atoms with van der Waals surface area (Å²) in [6.45, 7) is 1.63. The van der Waals surface area contributed by atoms with Crippen molar-refractivity contribution in [1.82, 2.24) is 9.97 Å². The Bertz CT molecular complexity index is 627. The van der Waals surface area contributed by atoms with Crippen LogP contribution in [0.5, 0.6) is 0 Å². The van der Waals surface area contributed by atoms with Gasteiger partial charge in [-0.1, -0.05) is 6.07 Å². The van der Waals surface area contributed by atoms with Crippen LogP contribution in [0, 0.1) is 12.7 Å². The molecule has 0 fully saturated rings. The van der Waals surface area contributed by atoms with Gasteiger partial charge in [0, 0.05) is 5.69 Å². The normalized spacial score (nSPS) is 17.3. The first-order chi connectivity index (χ1) is 9.15. The number of nitrogens with one attached hydrogen (secondary N) is 1. The van der Waals surface area contributed by atoms with Gasteiger partial charge in [-0.05, 0) is 43.0 Å². The molecule has 3 rings (SSSR count). The number of nitrogens with zero attached hydrogens (tertiary/aromatic N) is 2. The number of halogens is 1. The number of hydrogen-bond donors (Lipinski definition) is 2. The van der Waals surface area contributed by atoms with E-state index >= 15 is 0 Å². The van der Waals surface area contributed by atoms with Crippen LogP contribution in [0.1, 0.15) is 29.3 Å². The van der Waals surface area contributed by atoms with Crippen LogP contribution in [0.4, 0.5) is 15.9 Å². The fourth-order valence-corrected chi connectivity index (χ4v) is 2.51. The summed E-state index contributed by atoms with van der Waals surface area (Å²) in [5, 5.41) is 3.16. The molecule has 0 saturated carbocycles. The Morgan fingerprint density at radius 3 is 3.05 bits per heavy atom. The van der Waals surface area contributed by atoms with Crippen LogP contribution in [0.15, 0.2) is 24.5 Å². The van der Waals surface area contributed by atoms with Crippen molar-refractivity contribution in [3.05, 3.63) is 47.2 Å². The number of fused-ring (bicyclic) bond motifs is 1. The summed E-state index contributed by atoms with van der Waals surface area (Å²) in [4.78, 5) is 7.80. The largest absolute Gasteiger partial charge is 0.399 e. The summed E-state index contributed by atoms with van der Waals surface area (Å²) in [5.74, 6) is -0.117. The van der Waals surface area contributed by atoms with E-state index < -0.39 is 0 Å². The average Bonchev–Trinajstić information content (AvgIpc) is 2.77. The van der Waals surface area contributed by atoms with Crippen LogP contribution in [-0.2, 0) is 6.42 Å². The van der Waals surface area contributed by atoms with Gasteiger partial charge in [0.05, 0.1) is 11.7 Å². The predicted molar refractivity (Wildman–Crippen MR) is 72.3 cm³/mol. The molecule has 1 aliphatic carbocycles. The standard InChI is InChI=1S/C14H15FN4/c1-8-13(15)14(18-7-17-8)19-12-5-2-9-6-10(16)3-4-11(9)12/h3-4,6-7,12H,2,5,16H2,1H3,(H,17,18,19). The van der Waals surface area contributed by atoms with Crippen LogP contribution < -0.4 is 11.1 Å². The van der Waals surface area contributed by atoms with Crippen molar-refractivity contribution in [3.8, 4) is 0 Å². The predicted octanol–water partition coefficient (Wildman–Crippen LogP) is 2.61. The van der Waals surface area contributed by atoms with E-state index in [0.717, 1.165) is 18.5 Å². The second-order valence-corrected chi connectivity index (χ2v) is 4.82. The zero-order chi connectivity index (χ0) is 13.4. The molecule has 1 heterocycles. The van der Waals surface area contributed by atoms with Crippen molar-refractivity contribution in [3.63, 3.8) is 0 Å². The SMILES string of the molecule is Cc1ncnc(NC2CCc3cc(N)ccc32)c1F. The number of hydrogen-bond acceptors (Lipinski definition) is 4. The first kappa shape index (κ1) is 11.9. The number of nitrogens with two attached hydrogens (primary N) is 1. The van der Waals surface area contributed by atoms with Gasteiger partial charge in [0.25, 0.3) is 0 Å². The maximum atomic E-state index is 13.9. The molecule has 3 N–H and O–H groups in total. The lowest BCUT2D eigenvalue weighted by Gasteiger charge is -2.15. The van der Waals surface area contributed by atoms with Crippen molar-refractivity contribution in [2.75, 3.05) is 11.1 Å². The number of aromatic nitrogens is 2. The minimum Gasteiger partial charge on any atom is -0.399 e. The Morgan fingerprint density at radius 2 is 2.21 bits per heavy atom. The van der Waals surface area contributed by atoms with E-state index in [2.05, 4.69) is 15.3 Å². The average molecular weight is 258 g/mol. The Morgan fingerprint density at radius 1 is 1.37 bits per heavy atom. The molecule has 0 spiro atoms. The van der Waals surface area contributed by atoms with Crippen LogP contribution in [-0.4, -0.2) is 9.97 Å². The fraction of sp³-hybridized carbons (Fsp3) is 0.286. The van der Waals surface area contributed by atoms with Crippen molar-refractivity contribution in [2.45, 2.75) is 25.8 Å². The third-order valence-corrected chi connectivity index (χ3v) is 3.52. The molecular weight excluding hydrogens is 243 g/mol. The molecule has 1 atom stereocenters. The molecule has 1 aromatic heterocycles. The Labute approximate surface area is 110 Å². The lowest BCUT2D eigenvalue weighted by Crippen LogP contribution is -2.11. The summed E-state index contributed by atoms with van der Waals surface area (Å²) in [6.07, 6.45) is 3.24. The highest BCUT2D eigenvalue weighted by Crippen LogP contribution is 2.34. The molecule has 0 bridgehead atoms. The smallest absolute Gasteiger partial charge is 0.186 e. The molecule has 2 aromatic rings. The van der Waals surface area contributed by atoms with Gasteiger partial charge in [0.1, 0.15) is 6.33 Å². The van der Waals surface area contributed by atoms with E-state index in [1.54, 1.807) is 6.92 Å². The van der Waals surface area contributed by atoms with Crippen LogP contribution in [0.2, 0.25) is 0 Å². The Hall–Kier alpha value is -2.17. The van der Waals surface area contributed by atoms with Crippen LogP contribution in [0.3, 0.4) is 0 Å². The lowest BCUT2D eigenvalue weighted by molar-refractivity contribution is 0.599. The molecular formula is C14H15FN4. The first-order valence-corrected chi connectivity index (χ1v) is 6.27. The van der Waals surface area contributed by atoms with Gasteiger partial charge in [-0.3, -0.25) is 0 Å². The molecule has 0 amide bonds. The second kappa shape index (κ2) is 4.50. The third-order valence-electron chi connectivity index (χ3n) is 3.52. The molecule has 5 heteroatoms. The van der Waals surface area contributed by atoms with E-state index in [1.807, 2.05) is 18.2 Å². The van der Waals surface area contributed by atoms with Crippen molar-refractivity contribution in [1.29, 1.82) is 0 Å². The Balaban J connectivity index is 1.89. The van der Waals surface area contributed by atoms with Gasteiger partial charge >= 0.3 is 0 Å². The molecule has 1 aliphatic rings. The van der Waals surface area contributed by atoms with Gasteiger partial charge in [0.2, 0.25) is 0 Å². The monoisotopic (exact) mass is 258 g/mol. The molecule has 0 radical (unpaired) electrons. The molecule has 19 heavy (non-hydrogen) atoms. The summed E-state index contributed by atoms with van der Waals surface area (Å²) >= 11 is 0. The highest BCUT2D eigenvalue weighted by molar-refractivity contribution is 5.50. The highest BCUT2D eigenvalue weighted by Gasteiger charge is 2.23. The fourth-order valence-electron chi connectivity index (χ4n) is 2.51. The molecule has 4 nitrogen and oxygen atoms in total. The number of aryl methyl sites for hydroxylation is 2. The zero-order valence-corrected chi connectivity index (χ0v) is 10.7. The quantitative estimate of drug-likeness (QED) is 0.813. The summed E-state index contributed by atoms with van der Waals surface area (Å²) in [6, 6.07) is 5.94. The van der Waals surface area contributed by atoms with Crippen molar-refractivity contribution >= 4 is 11.5 Å². The van der Waals surface area contributed by atoms with Crippen molar-refractivity contribution in [2.24, 2.45) is 0 Å². The van der Waals surface area contributed by atoms with Gasteiger partial charge in [-0.25, -0.2) is 14.4 Å². The maximum Gasteiger partial charge on any atom is 0.186 e. The summed E-state index contributed by atoms with van der Waals surface area (Å²) in [5.41, 5.74) is 9.29. The zero-order valence-electron chi connectivity index (χ0n) is 10.7. The molecule has 0 aliphatic heterocycles. The lowest BCUT2D eigenvalue weighted by atomic mass is 10.1. The van der Waals surface area contributed by atoms with E-state index in [1.165, 1.54) is 17.5 Å². The Kier molecular flexibility index (Phi) is 2.81. The summed E-state index contributed by atoms with van der Waals surface area (Å²) < 4.78 is 13.9. The van der Waals surface area contributed by atoms with E-state index in [4.69, 9.17) is 5.73 Å². The van der Waals surface area contributed by atoms with Crippen LogP contribution in [0.25, 0.3) is 0 Å². The minimum absolute atomic E-state index is 0.0828. The number of nitrogen functional groups attached to an aromatic ring is 1. The van der Waals surface area contributed by atoms with E-state index in [0.29, 0.717) is 5.69 Å². The summed E-state index contributed by atoms with van der Waals surface area (Å²) in [7, 11) is 0. The van der Waals surface area contributed by atoms with Gasteiger partial charge in [0.15, 0.2) is 11.6 Å². The van der Waals surface area contributed by atoms with Crippen molar-refractivity contribution < 1.29 is 4.39 Å². The van der Waals surface area contributed by atoms with Gasteiger partial charge in [-0.15, -0.1) is 0 Å². The molecule has 0 saturated heterocycles. The maximum absolute atomic E-state index is 13.9. The van der Waals surface area contributed by atoms with E-state index in [9.17, 15) is 4.39 Å². The minimum atomic E-state index is -0.383. The van der Waals surface area contributed by atoms with Crippen LogP contribution >= 0.6 is 0 Å². The van der Waals surface area contributed by atoms with Gasteiger partial charge < -0.3 is 11.1 Å². The third kappa shape index (κ3) is 2.12. The van der Waals surface area contributed by atoms with Gasteiger partial charge in [-0.2, -0.15) is 0 Å². The number of rotatable bonds is 2. The van der Waals surface area contributed by atoms with E-state index in [-0.39, 0.29) is 17.7 Å². The number of benzene rings is 1. The molecule has 1 unspecified atom stereocenters. The number of anilines is 2.